The van der Waals surface area contributed by atoms with E-state index >= 15 is 0 Å². The maximum Gasteiger partial charge on any atom is 0.329 e. The first-order valence-electron chi connectivity index (χ1n) is 7.58. The molecule has 5 nitrogen and oxygen atoms in total. The van der Waals surface area contributed by atoms with E-state index in [-0.39, 0.29) is 4.90 Å². The summed E-state index contributed by atoms with van der Waals surface area (Å²) in [5.41, 5.74) is 0.496. The van der Waals surface area contributed by atoms with Gasteiger partial charge in [-0.1, -0.05) is 48.0 Å². The fourth-order valence-corrected chi connectivity index (χ4v) is 5.01. The molecule has 2 aromatic rings. The molecule has 0 amide bonds. The van der Waals surface area contributed by atoms with Crippen molar-refractivity contribution in [2.24, 2.45) is 0 Å². The predicted molar refractivity (Wildman–Crippen MR) is 89.8 cm³/mol. The molecule has 1 saturated heterocycles. The molecule has 0 aromatic heterocycles. The van der Waals surface area contributed by atoms with Crippen molar-refractivity contribution in [3.63, 3.8) is 0 Å². The van der Waals surface area contributed by atoms with Crippen LogP contribution >= 0.6 is 0 Å². The van der Waals surface area contributed by atoms with Crippen LogP contribution in [0.3, 0.4) is 0 Å². The van der Waals surface area contributed by atoms with Gasteiger partial charge < -0.3 is 4.74 Å². The summed E-state index contributed by atoms with van der Waals surface area (Å²) >= 11 is 0. The molecule has 3 rings (SSSR count). The molecule has 0 spiro atoms. The Morgan fingerprint density at radius 3 is 2.21 bits per heavy atom. The Labute approximate surface area is 141 Å². The number of esters is 1. The van der Waals surface area contributed by atoms with E-state index in [9.17, 15) is 13.2 Å². The largest absolute Gasteiger partial charge is 0.468 e. The number of aryl methyl sites for hydroxylation is 1. The summed E-state index contributed by atoms with van der Waals surface area (Å²) in [4.78, 5) is 12.5. The average molecular weight is 345 g/mol. The minimum atomic E-state index is -3.81. The third kappa shape index (κ3) is 2.42. The fraction of sp³-hybridized carbons (Fsp3) is 0.278. The Balaban J connectivity index is 2.07. The molecule has 24 heavy (non-hydrogen) atoms. The highest BCUT2D eigenvalue weighted by atomic mass is 32.2. The van der Waals surface area contributed by atoms with E-state index < -0.39 is 27.6 Å². The van der Waals surface area contributed by atoms with Crippen LogP contribution in [0.1, 0.15) is 24.1 Å². The van der Waals surface area contributed by atoms with E-state index in [4.69, 9.17) is 4.74 Å². The summed E-state index contributed by atoms with van der Waals surface area (Å²) in [5, 5.41) is 0. The van der Waals surface area contributed by atoms with E-state index in [2.05, 4.69) is 0 Å². The molecule has 0 bridgehead atoms. The van der Waals surface area contributed by atoms with Crippen LogP contribution in [-0.2, 0) is 19.6 Å². The second kappa shape index (κ2) is 5.72. The van der Waals surface area contributed by atoms with Gasteiger partial charge in [-0.2, -0.15) is 4.31 Å². The first-order valence-corrected chi connectivity index (χ1v) is 9.02. The van der Waals surface area contributed by atoms with E-state index in [1.807, 2.05) is 37.3 Å². The van der Waals surface area contributed by atoms with Gasteiger partial charge in [0.15, 0.2) is 5.54 Å². The molecule has 1 unspecified atom stereocenters. The third-order valence-electron chi connectivity index (χ3n) is 4.45. The molecular formula is C18H19NO4S. The van der Waals surface area contributed by atoms with Crippen molar-refractivity contribution in [1.29, 1.82) is 0 Å². The fourth-order valence-electron chi connectivity index (χ4n) is 3.08. The number of rotatable bonds is 4. The number of carbonyl (C=O) groups is 1. The van der Waals surface area contributed by atoms with Crippen LogP contribution in [-0.4, -0.2) is 31.3 Å². The highest BCUT2D eigenvalue weighted by Gasteiger charge is 2.71. The number of ether oxygens (including phenoxy) is 1. The summed E-state index contributed by atoms with van der Waals surface area (Å²) < 4.78 is 32.2. The zero-order valence-corrected chi connectivity index (χ0v) is 14.6. The van der Waals surface area contributed by atoms with Gasteiger partial charge in [-0.3, -0.25) is 0 Å². The maximum absolute atomic E-state index is 13.0. The minimum absolute atomic E-state index is 0.168. The molecule has 6 heteroatoms. The number of hydrogen-bond acceptors (Lipinski definition) is 4. The van der Waals surface area contributed by atoms with Gasteiger partial charge in [-0.25, -0.2) is 13.2 Å². The van der Waals surface area contributed by atoms with E-state index in [1.54, 1.807) is 31.2 Å². The monoisotopic (exact) mass is 345 g/mol. The zero-order valence-electron chi connectivity index (χ0n) is 13.8. The average Bonchev–Trinajstić information content (AvgIpc) is 3.23. The van der Waals surface area contributed by atoms with E-state index in [1.165, 1.54) is 11.4 Å². The molecular weight excluding hydrogens is 326 g/mol. The molecule has 1 heterocycles. The topological polar surface area (TPSA) is 63.5 Å². The molecule has 0 saturated carbocycles. The van der Waals surface area contributed by atoms with Crippen LogP contribution in [0.4, 0.5) is 0 Å². The SMILES string of the molecule is COC(=O)[C@]1(C)[C@H](c2ccccc2)N1S(=O)(=O)c1ccc(C)cc1. The normalized spacial score (nSPS) is 26.0. The number of sulfonamides is 1. The number of carbonyl (C=O) groups excluding carboxylic acids is 1. The van der Waals surface area contributed by atoms with Crippen molar-refractivity contribution in [2.45, 2.75) is 30.3 Å². The van der Waals surface area contributed by atoms with Crippen LogP contribution in [0.5, 0.6) is 0 Å². The number of hydrogen-bond donors (Lipinski definition) is 0. The van der Waals surface area contributed by atoms with Crippen molar-refractivity contribution >= 4 is 16.0 Å². The summed E-state index contributed by atoms with van der Waals surface area (Å²) in [6, 6.07) is 15.1. The smallest absolute Gasteiger partial charge is 0.329 e. The van der Waals surface area contributed by atoms with Crippen LogP contribution in [0.15, 0.2) is 59.5 Å². The number of benzene rings is 2. The van der Waals surface area contributed by atoms with Gasteiger partial charge in [0, 0.05) is 0 Å². The Kier molecular flexibility index (Phi) is 3.97. The van der Waals surface area contributed by atoms with Gasteiger partial charge in [-0.05, 0) is 31.5 Å². The standard InChI is InChI=1S/C18H19NO4S/c1-13-9-11-15(12-10-13)24(21,22)19-16(14-7-5-4-6-8-14)18(19,2)17(20)23-3/h4-12,16H,1-3H3/t16-,18-,19?/m0/s1. The van der Waals surface area contributed by atoms with Crippen LogP contribution < -0.4 is 0 Å². The van der Waals surface area contributed by atoms with Gasteiger partial charge in [0.25, 0.3) is 0 Å². The number of nitrogens with zero attached hydrogens (tertiary/aromatic N) is 1. The van der Waals surface area contributed by atoms with Crippen molar-refractivity contribution in [1.82, 2.24) is 4.31 Å². The summed E-state index contributed by atoms with van der Waals surface area (Å²) in [6.07, 6.45) is 0. The predicted octanol–water partition coefficient (Wildman–Crippen LogP) is 2.67. The molecule has 1 aliphatic rings. The molecule has 0 N–H and O–H groups in total. The van der Waals surface area contributed by atoms with Gasteiger partial charge in [0.1, 0.15) is 0 Å². The second-order valence-electron chi connectivity index (χ2n) is 6.07. The van der Waals surface area contributed by atoms with Crippen LogP contribution in [0, 0.1) is 6.92 Å². The minimum Gasteiger partial charge on any atom is -0.468 e. The molecule has 1 aliphatic heterocycles. The Morgan fingerprint density at radius 1 is 1.08 bits per heavy atom. The molecule has 0 aliphatic carbocycles. The molecule has 3 atom stereocenters. The van der Waals surface area contributed by atoms with Gasteiger partial charge >= 0.3 is 5.97 Å². The van der Waals surface area contributed by atoms with E-state index in [0.29, 0.717) is 0 Å². The van der Waals surface area contributed by atoms with Crippen molar-refractivity contribution in [2.75, 3.05) is 7.11 Å². The lowest BCUT2D eigenvalue weighted by atomic mass is 10.0. The van der Waals surface area contributed by atoms with Crippen LogP contribution in [0.25, 0.3) is 0 Å². The molecule has 0 radical (unpaired) electrons. The Morgan fingerprint density at radius 2 is 1.67 bits per heavy atom. The second-order valence-corrected chi connectivity index (χ2v) is 7.88. The molecule has 126 valence electrons. The molecule has 1 fully saturated rings. The summed E-state index contributed by atoms with van der Waals surface area (Å²) in [5.74, 6) is -0.563. The Bertz CT molecular complexity index is 862. The maximum atomic E-state index is 13.0. The van der Waals surface area contributed by atoms with Gasteiger partial charge in [-0.15, -0.1) is 0 Å². The highest BCUT2D eigenvalue weighted by Crippen LogP contribution is 2.57. The third-order valence-corrected chi connectivity index (χ3v) is 6.42. The quantitative estimate of drug-likeness (QED) is 0.631. The zero-order chi connectivity index (χ0) is 17.5. The lowest BCUT2D eigenvalue weighted by molar-refractivity contribution is -0.144. The summed E-state index contributed by atoms with van der Waals surface area (Å²) in [6.45, 7) is 3.49. The Hall–Kier alpha value is -2.18. The summed E-state index contributed by atoms with van der Waals surface area (Å²) in [7, 11) is -2.54. The van der Waals surface area contributed by atoms with Crippen LogP contribution in [0.2, 0.25) is 0 Å². The van der Waals surface area contributed by atoms with Crippen molar-refractivity contribution in [3.05, 3.63) is 65.7 Å². The van der Waals surface area contributed by atoms with Crippen molar-refractivity contribution in [3.8, 4) is 0 Å². The lowest BCUT2D eigenvalue weighted by Gasteiger charge is -2.10. The van der Waals surface area contributed by atoms with Gasteiger partial charge in [0.05, 0.1) is 18.0 Å². The molecule has 2 aromatic carbocycles. The van der Waals surface area contributed by atoms with Crippen molar-refractivity contribution < 1.29 is 17.9 Å². The highest BCUT2D eigenvalue weighted by molar-refractivity contribution is 7.89. The first-order chi connectivity index (χ1) is 11.3. The first kappa shape index (κ1) is 16.7. The number of methoxy groups -OCH3 is 1. The van der Waals surface area contributed by atoms with Gasteiger partial charge in [0.2, 0.25) is 10.0 Å². The van der Waals surface area contributed by atoms with E-state index in [0.717, 1.165) is 11.1 Å². The lowest BCUT2D eigenvalue weighted by Crippen LogP contribution is -2.30.